The number of aromatic nitrogens is 1. The second-order valence-corrected chi connectivity index (χ2v) is 7.91. The van der Waals surface area contributed by atoms with Crippen molar-refractivity contribution in [2.24, 2.45) is 13.0 Å². The lowest BCUT2D eigenvalue weighted by Gasteiger charge is -2.27. The van der Waals surface area contributed by atoms with Crippen molar-refractivity contribution in [2.45, 2.75) is 52.1 Å². The molecule has 0 bridgehead atoms. The fourth-order valence-electron chi connectivity index (χ4n) is 3.90. The number of benzene rings is 1. The molecule has 2 heterocycles. The molecular formula is C22H31N3O. The van der Waals surface area contributed by atoms with Crippen LogP contribution < -0.4 is 5.32 Å². The summed E-state index contributed by atoms with van der Waals surface area (Å²) in [5, 5.41) is 3.19. The van der Waals surface area contributed by atoms with Gasteiger partial charge in [0.1, 0.15) is 0 Å². The van der Waals surface area contributed by atoms with E-state index in [2.05, 4.69) is 61.0 Å². The Morgan fingerprint density at radius 3 is 2.54 bits per heavy atom. The quantitative estimate of drug-likeness (QED) is 0.821. The van der Waals surface area contributed by atoms with E-state index in [1.54, 1.807) is 0 Å². The predicted molar refractivity (Wildman–Crippen MR) is 106 cm³/mol. The van der Waals surface area contributed by atoms with Gasteiger partial charge in [0.25, 0.3) is 0 Å². The number of hydrogen-bond donors (Lipinski definition) is 1. The molecule has 26 heavy (non-hydrogen) atoms. The van der Waals surface area contributed by atoms with Gasteiger partial charge < -0.3 is 14.8 Å². The smallest absolute Gasteiger partial charge is 0.318 e. The van der Waals surface area contributed by atoms with Gasteiger partial charge in [-0.15, -0.1) is 0 Å². The lowest BCUT2D eigenvalue weighted by molar-refractivity contribution is 0.188. The summed E-state index contributed by atoms with van der Waals surface area (Å²) in [5.74, 6) is 0.655. The fraction of sp³-hybridized carbons (Fsp3) is 0.500. The number of carbonyl (C=O) groups excluding carboxylic acids is 1. The monoisotopic (exact) mass is 353 g/mol. The predicted octanol–water partition coefficient (Wildman–Crippen LogP) is 4.83. The first-order chi connectivity index (χ1) is 12.5. The Balaban J connectivity index is 1.64. The van der Waals surface area contributed by atoms with Gasteiger partial charge in [-0.25, -0.2) is 4.79 Å². The van der Waals surface area contributed by atoms with Crippen LogP contribution in [0.2, 0.25) is 0 Å². The van der Waals surface area contributed by atoms with E-state index in [1.165, 1.54) is 11.3 Å². The molecular weight excluding hydrogens is 322 g/mol. The molecule has 1 fully saturated rings. The van der Waals surface area contributed by atoms with Crippen LogP contribution >= 0.6 is 0 Å². The average molecular weight is 354 g/mol. The lowest BCUT2D eigenvalue weighted by atomic mass is 10.00. The number of aryl methyl sites for hydroxylation is 1. The van der Waals surface area contributed by atoms with Gasteiger partial charge in [0.2, 0.25) is 0 Å². The van der Waals surface area contributed by atoms with Crippen molar-refractivity contribution in [2.75, 3.05) is 6.54 Å². The Morgan fingerprint density at radius 1 is 1.19 bits per heavy atom. The molecule has 1 aromatic heterocycles. The molecule has 0 radical (unpaired) electrons. The zero-order chi connectivity index (χ0) is 18.7. The maximum atomic E-state index is 12.9. The highest BCUT2D eigenvalue weighted by molar-refractivity contribution is 5.75. The molecule has 3 rings (SSSR count). The molecule has 2 atom stereocenters. The highest BCUT2D eigenvalue weighted by Gasteiger charge is 2.31. The van der Waals surface area contributed by atoms with Crippen molar-refractivity contribution >= 4 is 6.03 Å². The van der Waals surface area contributed by atoms with Crippen molar-refractivity contribution in [3.8, 4) is 0 Å². The second kappa shape index (κ2) is 7.98. The Labute approximate surface area is 157 Å². The minimum atomic E-state index is 0.00487. The highest BCUT2D eigenvalue weighted by atomic mass is 16.2. The third kappa shape index (κ3) is 4.12. The van der Waals surface area contributed by atoms with E-state index < -0.39 is 0 Å². The Kier molecular flexibility index (Phi) is 5.70. The molecule has 4 heteroatoms. The SMILES string of the molecule is CC(C)Cc1ccc(C(C)NC(=O)N2CCCC2c2cccn2C)cc1. The van der Waals surface area contributed by atoms with Crippen molar-refractivity contribution < 1.29 is 4.79 Å². The molecule has 1 saturated heterocycles. The summed E-state index contributed by atoms with van der Waals surface area (Å²) in [7, 11) is 2.05. The Morgan fingerprint density at radius 2 is 1.92 bits per heavy atom. The number of amides is 2. The molecule has 1 aliphatic heterocycles. The summed E-state index contributed by atoms with van der Waals surface area (Å²) in [6, 6.07) is 13.0. The number of hydrogen-bond acceptors (Lipinski definition) is 1. The van der Waals surface area contributed by atoms with E-state index in [9.17, 15) is 4.79 Å². The number of likely N-dealkylation sites (tertiary alicyclic amines) is 1. The summed E-state index contributed by atoms with van der Waals surface area (Å²) in [6.45, 7) is 7.34. The molecule has 1 aromatic carbocycles. The fourth-order valence-corrected chi connectivity index (χ4v) is 3.90. The number of rotatable bonds is 5. The summed E-state index contributed by atoms with van der Waals surface area (Å²) in [5.41, 5.74) is 3.72. The van der Waals surface area contributed by atoms with E-state index in [0.29, 0.717) is 5.92 Å². The maximum absolute atomic E-state index is 12.9. The van der Waals surface area contributed by atoms with E-state index in [1.807, 2.05) is 24.2 Å². The molecule has 2 aromatic rings. The topological polar surface area (TPSA) is 37.3 Å². The van der Waals surface area contributed by atoms with Gasteiger partial charge >= 0.3 is 6.03 Å². The van der Waals surface area contributed by atoms with Crippen LogP contribution in [0.15, 0.2) is 42.6 Å². The molecule has 2 unspecified atom stereocenters. The Hall–Kier alpha value is -2.23. The van der Waals surface area contributed by atoms with Gasteiger partial charge in [0.05, 0.1) is 12.1 Å². The van der Waals surface area contributed by atoms with Gasteiger partial charge in [0, 0.05) is 25.5 Å². The van der Waals surface area contributed by atoms with Crippen molar-refractivity contribution in [1.82, 2.24) is 14.8 Å². The first-order valence-corrected chi connectivity index (χ1v) is 9.73. The normalized spacial score (nSPS) is 18.3. The van der Waals surface area contributed by atoms with E-state index in [0.717, 1.165) is 31.4 Å². The van der Waals surface area contributed by atoms with E-state index in [4.69, 9.17) is 0 Å². The first-order valence-electron chi connectivity index (χ1n) is 9.73. The van der Waals surface area contributed by atoms with Crippen LogP contribution in [-0.4, -0.2) is 22.0 Å². The summed E-state index contributed by atoms with van der Waals surface area (Å²) < 4.78 is 2.12. The van der Waals surface area contributed by atoms with Crippen LogP contribution in [0.25, 0.3) is 0 Å². The zero-order valence-electron chi connectivity index (χ0n) is 16.4. The third-order valence-corrected chi connectivity index (χ3v) is 5.30. The van der Waals surface area contributed by atoms with Crippen LogP contribution in [0.5, 0.6) is 0 Å². The van der Waals surface area contributed by atoms with Crippen LogP contribution in [0.4, 0.5) is 4.79 Å². The molecule has 0 aliphatic carbocycles. The maximum Gasteiger partial charge on any atom is 0.318 e. The van der Waals surface area contributed by atoms with E-state index >= 15 is 0 Å². The van der Waals surface area contributed by atoms with Crippen molar-refractivity contribution in [3.05, 3.63) is 59.4 Å². The van der Waals surface area contributed by atoms with Gasteiger partial charge in [-0.1, -0.05) is 38.1 Å². The number of carbonyl (C=O) groups is 1. The molecule has 140 valence electrons. The van der Waals surface area contributed by atoms with Gasteiger partial charge in [-0.2, -0.15) is 0 Å². The second-order valence-electron chi connectivity index (χ2n) is 7.91. The largest absolute Gasteiger partial charge is 0.353 e. The summed E-state index contributed by atoms with van der Waals surface area (Å²) in [6.07, 6.45) is 5.23. The zero-order valence-corrected chi connectivity index (χ0v) is 16.4. The van der Waals surface area contributed by atoms with Crippen molar-refractivity contribution in [3.63, 3.8) is 0 Å². The van der Waals surface area contributed by atoms with Crippen molar-refractivity contribution in [1.29, 1.82) is 0 Å². The highest BCUT2D eigenvalue weighted by Crippen LogP contribution is 2.32. The minimum Gasteiger partial charge on any atom is -0.353 e. The average Bonchev–Trinajstić information content (AvgIpc) is 3.23. The lowest BCUT2D eigenvalue weighted by Crippen LogP contribution is -2.41. The van der Waals surface area contributed by atoms with Crippen LogP contribution in [0.1, 0.15) is 62.5 Å². The van der Waals surface area contributed by atoms with Gasteiger partial charge in [-0.3, -0.25) is 0 Å². The van der Waals surface area contributed by atoms with Crippen LogP contribution in [-0.2, 0) is 13.5 Å². The minimum absolute atomic E-state index is 0.00487. The third-order valence-electron chi connectivity index (χ3n) is 5.30. The van der Waals surface area contributed by atoms with Gasteiger partial charge in [-0.05, 0) is 55.4 Å². The number of nitrogens with zero attached hydrogens (tertiary/aromatic N) is 2. The number of nitrogens with one attached hydrogen (secondary N) is 1. The molecule has 0 spiro atoms. The molecule has 1 N–H and O–H groups in total. The summed E-state index contributed by atoms with van der Waals surface area (Å²) >= 11 is 0. The molecule has 0 saturated carbocycles. The van der Waals surface area contributed by atoms with Crippen LogP contribution in [0.3, 0.4) is 0 Å². The van der Waals surface area contributed by atoms with E-state index in [-0.39, 0.29) is 18.1 Å². The number of urea groups is 1. The summed E-state index contributed by atoms with van der Waals surface area (Å²) in [4.78, 5) is 14.8. The first kappa shape index (κ1) is 18.6. The van der Waals surface area contributed by atoms with Crippen LogP contribution in [0, 0.1) is 5.92 Å². The molecule has 1 aliphatic rings. The van der Waals surface area contributed by atoms with Gasteiger partial charge in [0.15, 0.2) is 0 Å². The standard InChI is InChI=1S/C22H31N3O/c1-16(2)15-18-9-11-19(12-10-18)17(3)23-22(26)25-14-6-8-21(25)20-7-5-13-24(20)4/h5,7,9-13,16-17,21H,6,8,14-15H2,1-4H3,(H,23,26). The Bertz CT molecular complexity index is 732. The molecule has 4 nitrogen and oxygen atoms in total. The molecule has 2 amide bonds.